The van der Waals surface area contributed by atoms with E-state index >= 15 is 0 Å². The Bertz CT molecular complexity index is 608. The summed E-state index contributed by atoms with van der Waals surface area (Å²) in [6.07, 6.45) is 4.26. The van der Waals surface area contributed by atoms with Gasteiger partial charge in [-0.15, -0.1) is 0 Å². The van der Waals surface area contributed by atoms with E-state index in [1.54, 1.807) is 0 Å². The van der Waals surface area contributed by atoms with Crippen LogP contribution in [0.25, 0.3) is 11.0 Å². The molecule has 0 amide bonds. The van der Waals surface area contributed by atoms with Gasteiger partial charge in [-0.3, -0.25) is 0 Å². The first-order valence-electron chi connectivity index (χ1n) is 7.68. The molecular formula is C16H22N4O. The van der Waals surface area contributed by atoms with Crippen molar-refractivity contribution in [1.29, 1.82) is 0 Å². The number of benzene rings is 1. The number of hydrogen-bond donors (Lipinski definition) is 2. The first kappa shape index (κ1) is 14.1. The fourth-order valence-electron chi connectivity index (χ4n) is 2.77. The minimum atomic E-state index is 0.345. The van der Waals surface area contributed by atoms with Crippen molar-refractivity contribution < 1.29 is 4.74 Å². The summed E-state index contributed by atoms with van der Waals surface area (Å²) in [5.74, 6) is 1.34. The van der Waals surface area contributed by atoms with E-state index in [2.05, 4.69) is 15.3 Å². The summed E-state index contributed by atoms with van der Waals surface area (Å²) in [4.78, 5) is 9.25. The quantitative estimate of drug-likeness (QED) is 0.904. The first-order valence-corrected chi connectivity index (χ1v) is 7.68. The molecule has 0 aliphatic heterocycles. The average molecular weight is 286 g/mol. The van der Waals surface area contributed by atoms with Gasteiger partial charge in [0.2, 0.25) is 0 Å². The molecule has 1 fully saturated rings. The highest BCUT2D eigenvalue weighted by Gasteiger charge is 2.20. The SMILES string of the molecule is CCOc1nc2ccccc2nc1NC1CCC(N)CC1. The molecule has 2 aromatic rings. The topological polar surface area (TPSA) is 73.1 Å². The van der Waals surface area contributed by atoms with E-state index in [1.165, 1.54) is 0 Å². The molecule has 3 N–H and O–H groups in total. The van der Waals surface area contributed by atoms with Crippen LogP contribution in [0.2, 0.25) is 0 Å². The Morgan fingerprint density at radius 1 is 1.14 bits per heavy atom. The largest absolute Gasteiger partial charge is 0.475 e. The maximum Gasteiger partial charge on any atom is 0.258 e. The zero-order valence-electron chi connectivity index (χ0n) is 12.4. The lowest BCUT2D eigenvalue weighted by Crippen LogP contribution is -2.33. The van der Waals surface area contributed by atoms with Gasteiger partial charge in [-0.25, -0.2) is 9.97 Å². The minimum Gasteiger partial charge on any atom is -0.475 e. The summed E-state index contributed by atoms with van der Waals surface area (Å²) in [7, 11) is 0. The van der Waals surface area contributed by atoms with Gasteiger partial charge in [-0.2, -0.15) is 0 Å². The van der Waals surface area contributed by atoms with Gasteiger partial charge in [0.05, 0.1) is 17.6 Å². The maximum absolute atomic E-state index is 5.96. The summed E-state index contributed by atoms with van der Waals surface area (Å²) < 4.78 is 5.65. The lowest BCUT2D eigenvalue weighted by atomic mass is 9.92. The van der Waals surface area contributed by atoms with Crippen molar-refractivity contribution in [3.8, 4) is 5.88 Å². The van der Waals surface area contributed by atoms with Gasteiger partial charge in [0.25, 0.3) is 5.88 Å². The van der Waals surface area contributed by atoms with E-state index in [1.807, 2.05) is 31.2 Å². The number of hydrogen-bond acceptors (Lipinski definition) is 5. The predicted molar refractivity (Wildman–Crippen MR) is 84.6 cm³/mol. The molecular weight excluding hydrogens is 264 g/mol. The molecule has 1 saturated carbocycles. The number of rotatable bonds is 4. The first-order chi connectivity index (χ1) is 10.3. The Morgan fingerprint density at radius 2 is 1.81 bits per heavy atom. The Labute approximate surface area is 124 Å². The number of nitrogens with zero attached hydrogens (tertiary/aromatic N) is 2. The van der Waals surface area contributed by atoms with Crippen LogP contribution in [0, 0.1) is 0 Å². The average Bonchev–Trinajstić information content (AvgIpc) is 2.50. The second-order valence-corrected chi connectivity index (χ2v) is 5.56. The number of nitrogens with one attached hydrogen (secondary N) is 1. The molecule has 0 bridgehead atoms. The number of fused-ring (bicyclic) bond motifs is 1. The minimum absolute atomic E-state index is 0.345. The van der Waals surface area contributed by atoms with E-state index < -0.39 is 0 Å². The van der Waals surface area contributed by atoms with Crippen LogP contribution in [-0.2, 0) is 0 Å². The highest BCUT2D eigenvalue weighted by molar-refractivity contribution is 5.77. The molecule has 1 aromatic heterocycles. The molecule has 0 spiro atoms. The normalized spacial score (nSPS) is 22.2. The molecule has 21 heavy (non-hydrogen) atoms. The van der Waals surface area contributed by atoms with Crippen LogP contribution >= 0.6 is 0 Å². The predicted octanol–water partition coefficient (Wildman–Crippen LogP) is 2.71. The molecule has 1 aromatic carbocycles. The van der Waals surface area contributed by atoms with Gasteiger partial charge in [0, 0.05) is 12.1 Å². The number of anilines is 1. The summed E-state index contributed by atoms with van der Waals surface area (Å²) in [5, 5.41) is 3.49. The molecule has 5 heteroatoms. The highest BCUT2D eigenvalue weighted by atomic mass is 16.5. The Kier molecular flexibility index (Phi) is 4.20. The third-order valence-corrected chi connectivity index (χ3v) is 3.93. The van der Waals surface area contributed by atoms with Crippen molar-refractivity contribution in [2.75, 3.05) is 11.9 Å². The molecule has 3 rings (SSSR count). The lowest BCUT2D eigenvalue weighted by molar-refractivity contribution is 0.327. The fourth-order valence-corrected chi connectivity index (χ4v) is 2.77. The molecule has 1 aliphatic carbocycles. The van der Waals surface area contributed by atoms with Crippen LogP contribution in [0.15, 0.2) is 24.3 Å². The van der Waals surface area contributed by atoms with Crippen molar-refractivity contribution in [2.45, 2.75) is 44.7 Å². The van der Waals surface area contributed by atoms with Gasteiger partial charge in [0.15, 0.2) is 5.82 Å². The summed E-state index contributed by atoms with van der Waals surface area (Å²) in [5.41, 5.74) is 7.71. The van der Waals surface area contributed by atoms with Gasteiger partial charge in [-0.05, 0) is 44.7 Å². The van der Waals surface area contributed by atoms with Crippen LogP contribution in [-0.4, -0.2) is 28.7 Å². The van der Waals surface area contributed by atoms with Crippen LogP contribution in [0.4, 0.5) is 5.82 Å². The lowest BCUT2D eigenvalue weighted by Gasteiger charge is -2.27. The van der Waals surface area contributed by atoms with Crippen LogP contribution in [0.1, 0.15) is 32.6 Å². The van der Waals surface area contributed by atoms with Crippen molar-refractivity contribution >= 4 is 16.9 Å². The van der Waals surface area contributed by atoms with E-state index in [0.717, 1.165) is 42.5 Å². The monoisotopic (exact) mass is 286 g/mol. The van der Waals surface area contributed by atoms with Gasteiger partial charge in [-0.1, -0.05) is 12.1 Å². The van der Waals surface area contributed by atoms with Gasteiger partial charge >= 0.3 is 0 Å². The van der Waals surface area contributed by atoms with Crippen molar-refractivity contribution in [2.24, 2.45) is 5.73 Å². The molecule has 0 atom stereocenters. The van der Waals surface area contributed by atoms with Crippen LogP contribution < -0.4 is 15.8 Å². The Balaban J connectivity index is 1.86. The number of nitrogens with two attached hydrogens (primary N) is 1. The summed E-state index contributed by atoms with van der Waals surface area (Å²) >= 11 is 0. The zero-order chi connectivity index (χ0) is 14.7. The van der Waals surface area contributed by atoms with E-state index in [4.69, 9.17) is 10.5 Å². The van der Waals surface area contributed by atoms with Gasteiger partial charge in [0.1, 0.15) is 0 Å². The van der Waals surface area contributed by atoms with Crippen molar-refractivity contribution in [1.82, 2.24) is 9.97 Å². The smallest absolute Gasteiger partial charge is 0.258 e. The Hall–Kier alpha value is -1.88. The number of ether oxygens (including phenoxy) is 1. The third kappa shape index (κ3) is 3.24. The van der Waals surface area contributed by atoms with E-state index in [-0.39, 0.29) is 0 Å². The third-order valence-electron chi connectivity index (χ3n) is 3.93. The standard InChI is InChI=1S/C16H22N4O/c1-2-21-16-15(18-12-9-7-11(17)8-10-12)19-13-5-3-4-6-14(13)20-16/h3-6,11-12H,2,7-10,17H2,1H3,(H,18,19). The molecule has 5 nitrogen and oxygen atoms in total. The van der Waals surface area contributed by atoms with Crippen LogP contribution in [0.5, 0.6) is 5.88 Å². The summed E-state index contributed by atoms with van der Waals surface area (Å²) in [6.45, 7) is 2.54. The molecule has 0 saturated heterocycles. The van der Waals surface area contributed by atoms with Crippen molar-refractivity contribution in [3.05, 3.63) is 24.3 Å². The molecule has 1 heterocycles. The molecule has 0 unspecified atom stereocenters. The molecule has 0 radical (unpaired) electrons. The zero-order valence-corrected chi connectivity index (χ0v) is 12.4. The second-order valence-electron chi connectivity index (χ2n) is 5.56. The highest BCUT2D eigenvalue weighted by Crippen LogP contribution is 2.27. The summed E-state index contributed by atoms with van der Waals surface area (Å²) in [6, 6.07) is 8.61. The number of aromatic nitrogens is 2. The molecule has 112 valence electrons. The van der Waals surface area contributed by atoms with E-state index in [0.29, 0.717) is 24.6 Å². The molecule has 1 aliphatic rings. The Morgan fingerprint density at radius 3 is 2.48 bits per heavy atom. The van der Waals surface area contributed by atoms with Crippen molar-refractivity contribution in [3.63, 3.8) is 0 Å². The van der Waals surface area contributed by atoms with E-state index in [9.17, 15) is 0 Å². The van der Waals surface area contributed by atoms with Gasteiger partial charge < -0.3 is 15.8 Å². The van der Waals surface area contributed by atoms with Crippen LogP contribution in [0.3, 0.4) is 0 Å². The maximum atomic E-state index is 5.96. The number of para-hydroxylation sites is 2. The second kappa shape index (κ2) is 6.26. The fraction of sp³-hybridized carbons (Fsp3) is 0.500.